The molecule has 0 spiro atoms. The number of halogens is 1. The van der Waals surface area contributed by atoms with E-state index in [1.165, 1.54) is 16.7 Å². The van der Waals surface area contributed by atoms with Crippen molar-refractivity contribution in [3.8, 4) is 11.5 Å². The number of thiocarbonyl (C=S) groups is 1. The molecule has 9 heteroatoms. The van der Waals surface area contributed by atoms with Gasteiger partial charge in [-0.1, -0.05) is 84.1 Å². The number of hydrogen-bond donors (Lipinski definition) is 1. The molecule has 1 fully saturated rings. The van der Waals surface area contributed by atoms with E-state index in [9.17, 15) is 9.59 Å². The van der Waals surface area contributed by atoms with Crippen LogP contribution in [0.25, 0.3) is 6.08 Å². The van der Waals surface area contributed by atoms with E-state index in [1.54, 1.807) is 18.2 Å². The van der Waals surface area contributed by atoms with Gasteiger partial charge in [-0.25, -0.2) is 0 Å². The summed E-state index contributed by atoms with van der Waals surface area (Å²) in [6.45, 7) is 6.28. The fourth-order valence-electron chi connectivity index (χ4n) is 3.90. The van der Waals surface area contributed by atoms with Crippen LogP contribution in [0.1, 0.15) is 37.8 Å². The van der Waals surface area contributed by atoms with Gasteiger partial charge in [-0.05, 0) is 66.4 Å². The summed E-state index contributed by atoms with van der Waals surface area (Å²) in [4.78, 5) is 27.8. The van der Waals surface area contributed by atoms with Crippen LogP contribution in [-0.4, -0.2) is 29.3 Å². The van der Waals surface area contributed by atoms with Crippen molar-refractivity contribution in [1.29, 1.82) is 0 Å². The lowest BCUT2D eigenvalue weighted by Crippen LogP contribution is -2.27. The van der Waals surface area contributed by atoms with E-state index in [-0.39, 0.29) is 24.3 Å². The van der Waals surface area contributed by atoms with Gasteiger partial charge < -0.3 is 14.8 Å². The molecule has 0 unspecified atom stereocenters. The first-order valence-corrected chi connectivity index (χ1v) is 14.1. The minimum atomic E-state index is -0.263. The smallest absolute Gasteiger partial charge is 0.270 e. The monoisotopic (exact) mass is 610 g/mol. The second-order valence-corrected chi connectivity index (χ2v) is 11.3. The zero-order chi connectivity index (χ0) is 27.2. The molecule has 0 atom stereocenters. The van der Waals surface area contributed by atoms with Crippen LogP contribution in [0.3, 0.4) is 0 Å². The van der Waals surface area contributed by atoms with E-state index in [2.05, 4.69) is 35.1 Å². The number of amides is 2. The van der Waals surface area contributed by atoms with Crippen LogP contribution in [0.5, 0.6) is 11.5 Å². The highest BCUT2D eigenvalue weighted by Gasteiger charge is 2.33. The third-order valence-corrected chi connectivity index (χ3v) is 7.44. The van der Waals surface area contributed by atoms with Gasteiger partial charge in [0, 0.05) is 10.2 Å². The van der Waals surface area contributed by atoms with E-state index in [4.69, 9.17) is 21.7 Å². The van der Waals surface area contributed by atoms with Gasteiger partial charge in [-0.2, -0.15) is 0 Å². The number of carbonyl (C=O) groups excluding carboxylic acids is 2. The van der Waals surface area contributed by atoms with Crippen molar-refractivity contribution in [2.45, 2.75) is 26.7 Å². The molecule has 1 aliphatic heterocycles. The maximum Gasteiger partial charge on any atom is 0.270 e. The standard InChI is InChI=1S/C29H27BrN2O4S2/c1-4-35-25-14-19(15-26-28(34)32(29(37)38-26)21-9-7-8-20(30)16-21)12-13-24(25)36-17-27(33)31-23-11-6-5-10-22(23)18(2)3/h5-16,18H,4,17H2,1-3H3,(H,31,33)/b26-15+. The van der Waals surface area contributed by atoms with Crippen molar-refractivity contribution < 1.29 is 19.1 Å². The number of nitrogens with zero attached hydrogens (tertiary/aromatic N) is 1. The minimum Gasteiger partial charge on any atom is -0.490 e. The quantitative estimate of drug-likeness (QED) is 0.201. The van der Waals surface area contributed by atoms with Crippen LogP contribution in [0.4, 0.5) is 11.4 Å². The number of carbonyl (C=O) groups is 2. The summed E-state index contributed by atoms with van der Waals surface area (Å²) in [6, 6.07) is 20.5. The molecule has 4 rings (SSSR count). The summed E-state index contributed by atoms with van der Waals surface area (Å²) in [6.07, 6.45) is 1.78. The molecule has 1 heterocycles. The summed E-state index contributed by atoms with van der Waals surface area (Å²) >= 11 is 10.2. The van der Waals surface area contributed by atoms with Crippen molar-refractivity contribution >= 4 is 73.5 Å². The number of rotatable bonds is 9. The van der Waals surface area contributed by atoms with Crippen molar-refractivity contribution in [1.82, 2.24) is 0 Å². The summed E-state index contributed by atoms with van der Waals surface area (Å²) in [5.74, 6) is 0.757. The summed E-state index contributed by atoms with van der Waals surface area (Å²) in [7, 11) is 0. The maximum absolute atomic E-state index is 13.1. The predicted octanol–water partition coefficient (Wildman–Crippen LogP) is 7.39. The van der Waals surface area contributed by atoms with E-state index in [1.807, 2.05) is 61.5 Å². The average molecular weight is 612 g/mol. The van der Waals surface area contributed by atoms with E-state index in [0.29, 0.717) is 33.0 Å². The molecule has 2 amide bonds. The minimum absolute atomic E-state index is 0.170. The Morgan fingerprint density at radius 3 is 2.61 bits per heavy atom. The largest absolute Gasteiger partial charge is 0.490 e. The van der Waals surface area contributed by atoms with Crippen molar-refractivity contribution in [2.24, 2.45) is 0 Å². The molecule has 0 radical (unpaired) electrons. The van der Waals surface area contributed by atoms with Crippen LogP contribution >= 0.6 is 39.9 Å². The van der Waals surface area contributed by atoms with E-state index in [0.717, 1.165) is 21.3 Å². The zero-order valence-corrected chi connectivity index (χ0v) is 24.4. The Labute approximate surface area is 240 Å². The molecular formula is C29H27BrN2O4S2. The SMILES string of the molecule is CCOc1cc(/C=C2/SC(=S)N(c3cccc(Br)c3)C2=O)ccc1OCC(=O)Nc1ccccc1C(C)C. The highest BCUT2D eigenvalue weighted by atomic mass is 79.9. The molecule has 0 saturated carbocycles. The van der Waals surface area contributed by atoms with Gasteiger partial charge in [0.2, 0.25) is 0 Å². The molecule has 196 valence electrons. The third kappa shape index (κ3) is 6.64. The topological polar surface area (TPSA) is 67.9 Å². The van der Waals surface area contributed by atoms with Gasteiger partial charge in [-0.15, -0.1) is 0 Å². The number of anilines is 2. The second kappa shape index (κ2) is 12.6. The number of thioether (sulfide) groups is 1. The Morgan fingerprint density at radius 2 is 1.87 bits per heavy atom. The molecular weight excluding hydrogens is 584 g/mol. The Morgan fingerprint density at radius 1 is 1.08 bits per heavy atom. The van der Waals surface area contributed by atoms with Crippen LogP contribution in [-0.2, 0) is 9.59 Å². The van der Waals surface area contributed by atoms with Crippen LogP contribution < -0.4 is 19.7 Å². The summed E-state index contributed by atoms with van der Waals surface area (Å²) in [5, 5.41) is 2.93. The van der Waals surface area contributed by atoms with Gasteiger partial charge >= 0.3 is 0 Å². The van der Waals surface area contributed by atoms with E-state index < -0.39 is 0 Å². The van der Waals surface area contributed by atoms with Crippen LogP contribution in [0, 0.1) is 0 Å². The molecule has 38 heavy (non-hydrogen) atoms. The molecule has 0 bridgehead atoms. The lowest BCUT2D eigenvalue weighted by Gasteiger charge is -2.15. The molecule has 3 aromatic carbocycles. The Kier molecular flexibility index (Phi) is 9.25. The van der Waals surface area contributed by atoms with Gasteiger partial charge in [0.15, 0.2) is 22.4 Å². The molecule has 6 nitrogen and oxygen atoms in total. The van der Waals surface area contributed by atoms with Gasteiger partial charge in [0.1, 0.15) is 0 Å². The van der Waals surface area contributed by atoms with Gasteiger partial charge in [0.25, 0.3) is 11.8 Å². The average Bonchev–Trinajstić information content (AvgIpc) is 3.16. The zero-order valence-electron chi connectivity index (χ0n) is 21.2. The number of hydrogen-bond acceptors (Lipinski definition) is 6. The summed E-state index contributed by atoms with van der Waals surface area (Å²) < 4.78 is 12.9. The number of ether oxygens (including phenoxy) is 2. The second-order valence-electron chi connectivity index (χ2n) is 8.71. The van der Waals surface area contributed by atoms with Crippen molar-refractivity contribution in [3.63, 3.8) is 0 Å². The molecule has 1 saturated heterocycles. The first kappa shape index (κ1) is 27.9. The first-order valence-electron chi connectivity index (χ1n) is 12.1. The highest BCUT2D eigenvalue weighted by Crippen LogP contribution is 2.38. The molecule has 0 aliphatic carbocycles. The Hall–Kier alpha value is -3.14. The first-order chi connectivity index (χ1) is 18.3. The molecule has 3 aromatic rings. The highest BCUT2D eigenvalue weighted by molar-refractivity contribution is 9.10. The van der Waals surface area contributed by atoms with Gasteiger partial charge in [-0.3, -0.25) is 14.5 Å². The Balaban J connectivity index is 1.48. The van der Waals surface area contributed by atoms with Crippen molar-refractivity contribution in [2.75, 3.05) is 23.4 Å². The third-order valence-electron chi connectivity index (χ3n) is 5.64. The summed E-state index contributed by atoms with van der Waals surface area (Å²) in [5.41, 5.74) is 3.30. The molecule has 0 aromatic heterocycles. The maximum atomic E-state index is 13.1. The fraction of sp³-hybridized carbons (Fsp3) is 0.207. The normalized spacial score (nSPS) is 14.3. The van der Waals surface area contributed by atoms with Gasteiger partial charge in [0.05, 0.1) is 17.2 Å². The lowest BCUT2D eigenvalue weighted by molar-refractivity contribution is -0.118. The predicted molar refractivity (Wildman–Crippen MR) is 162 cm³/mol. The number of benzene rings is 3. The van der Waals surface area contributed by atoms with Crippen LogP contribution in [0.15, 0.2) is 76.1 Å². The molecule has 1 aliphatic rings. The number of nitrogens with one attached hydrogen (secondary N) is 1. The Bertz CT molecular complexity index is 1410. The fourth-order valence-corrected chi connectivity index (χ4v) is 5.59. The van der Waals surface area contributed by atoms with E-state index >= 15 is 0 Å². The van der Waals surface area contributed by atoms with Crippen LogP contribution in [0.2, 0.25) is 0 Å². The molecule has 1 N–H and O–H groups in total. The number of para-hydroxylation sites is 1. The van der Waals surface area contributed by atoms with Crippen molar-refractivity contribution in [3.05, 3.63) is 87.2 Å². The lowest BCUT2D eigenvalue weighted by atomic mass is 10.0.